The van der Waals surface area contributed by atoms with Gasteiger partial charge < -0.3 is 5.32 Å². The molecule has 6 heteroatoms. The molecular formula is C13H22N6. The van der Waals surface area contributed by atoms with Gasteiger partial charge in [-0.05, 0) is 33.9 Å². The number of likely N-dealkylation sites (N-methyl/N-ethyl adjacent to an activating group) is 1. The molecule has 0 fully saturated rings. The number of hydrogen-bond donors (Lipinski definition) is 1. The van der Waals surface area contributed by atoms with Crippen LogP contribution in [0.25, 0.3) is 0 Å². The van der Waals surface area contributed by atoms with E-state index in [4.69, 9.17) is 0 Å². The molecular weight excluding hydrogens is 240 g/mol. The fourth-order valence-electron chi connectivity index (χ4n) is 2.35. The molecule has 0 aromatic carbocycles. The molecule has 19 heavy (non-hydrogen) atoms. The number of aromatic nitrogens is 5. The lowest BCUT2D eigenvalue weighted by molar-refractivity contribution is 0.466. The van der Waals surface area contributed by atoms with Crippen LogP contribution in [0.4, 0.5) is 0 Å². The van der Waals surface area contributed by atoms with Gasteiger partial charge in [-0.25, -0.2) is 9.67 Å². The maximum Gasteiger partial charge on any atom is 0.138 e. The van der Waals surface area contributed by atoms with Crippen molar-refractivity contribution in [3.8, 4) is 0 Å². The quantitative estimate of drug-likeness (QED) is 0.885. The molecule has 0 aliphatic carbocycles. The highest BCUT2D eigenvalue weighted by molar-refractivity contribution is 5.14. The van der Waals surface area contributed by atoms with Gasteiger partial charge in [-0.1, -0.05) is 0 Å². The van der Waals surface area contributed by atoms with Gasteiger partial charge in [0.25, 0.3) is 0 Å². The van der Waals surface area contributed by atoms with E-state index in [9.17, 15) is 0 Å². The Labute approximate surface area is 113 Å². The highest BCUT2D eigenvalue weighted by atomic mass is 15.3. The molecule has 0 bridgehead atoms. The molecule has 0 amide bonds. The zero-order chi connectivity index (χ0) is 14.0. The molecule has 1 unspecified atom stereocenters. The summed E-state index contributed by atoms with van der Waals surface area (Å²) in [7, 11) is 3.93. The van der Waals surface area contributed by atoms with Crippen molar-refractivity contribution in [3.05, 3.63) is 29.6 Å². The van der Waals surface area contributed by atoms with Crippen LogP contribution in [-0.2, 0) is 13.5 Å². The molecule has 0 aliphatic heterocycles. The monoisotopic (exact) mass is 262 g/mol. The smallest absolute Gasteiger partial charge is 0.138 e. The van der Waals surface area contributed by atoms with Gasteiger partial charge in [-0.3, -0.25) is 4.68 Å². The lowest BCUT2D eigenvalue weighted by Crippen LogP contribution is -2.23. The summed E-state index contributed by atoms with van der Waals surface area (Å²) < 4.78 is 3.89. The number of nitrogens with zero attached hydrogens (tertiary/aromatic N) is 5. The van der Waals surface area contributed by atoms with Crippen molar-refractivity contribution in [1.29, 1.82) is 0 Å². The van der Waals surface area contributed by atoms with Crippen LogP contribution in [0.15, 0.2) is 12.4 Å². The normalized spacial score (nSPS) is 13.2. The standard InChI is InChI=1S/C13H22N6/c1-9(2)19-13(15-8-16-19)7-11(14-4)12-6-10(3)17-18(12)5/h6,8-9,11,14H,7H2,1-5H3. The Morgan fingerprint density at radius 1 is 1.37 bits per heavy atom. The van der Waals surface area contributed by atoms with E-state index in [-0.39, 0.29) is 6.04 Å². The van der Waals surface area contributed by atoms with Crippen molar-refractivity contribution in [2.45, 2.75) is 39.3 Å². The minimum absolute atomic E-state index is 0.188. The number of hydrogen-bond acceptors (Lipinski definition) is 4. The van der Waals surface area contributed by atoms with Crippen molar-refractivity contribution >= 4 is 0 Å². The molecule has 2 aromatic heterocycles. The number of aryl methyl sites for hydroxylation is 2. The highest BCUT2D eigenvalue weighted by Crippen LogP contribution is 2.18. The Balaban J connectivity index is 2.24. The third kappa shape index (κ3) is 2.84. The fraction of sp³-hybridized carbons (Fsp3) is 0.615. The van der Waals surface area contributed by atoms with E-state index in [0.29, 0.717) is 6.04 Å². The second kappa shape index (κ2) is 5.52. The molecule has 0 aliphatic rings. The topological polar surface area (TPSA) is 60.6 Å². The van der Waals surface area contributed by atoms with Crippen molar-refractivity contribution < 1.29 is 0 Å². The molecule has 6 nitrogen and oxygen atoms in total. The Hall–Kier alpha value is -1.69. The lowest BCUT2D eigenvalue weighted by atomic mass is 10.1. The minimum atomic E-state index is 0.188. The van der Waals surface area contributed by atoms with E-state index >= 15 is 0 Å². The summed E-state index contributed by atoms with van der Waals surface area (Å²) in [5.74, 6) is 0.994. The third-order valence-corrected chi connectivity index (χ3v) is 3.27. The van der Waals surface area contributed by atoms with Crippen LogP contribution in [0, 0.1) is 6.92 Å². The SMILES string of the molecule is CNC(Cc1ncnn1C(C)C)c1cc(C)nn1C. The van der Waals surface area contributed by atoms with Crippen LogP contribution in [0.5, 0.6) is 0 Å². The maximum atomic E-state index is 4.40. The predicted molar refractivity (Wildman–Crippen MR) is 73.9 cm³/mol. The van der Waals surface area contributed by atoms with Crippen LogP contribution in [-0.4, -0.2) is 31.6 Å². The van der Waals surface area contributed by atoms with Gasteiger partial charge in [0.05, 0.1) is 17.4 Å². The van der Waals surface area contributed by atoms with Crippen molar-refractivity contribution in [1.82, 2.24) is 29.9 Å². The van der Waals surface area contributed by atoms with Crippen molar-refractivity contribution in [2.75, 3.05) is 7.05 Å². The van der Waals surface area contributed by atoms with Crippen LogP contribution in [0.1, 0.15) is 43.1 Å². The van der Waals surface area contributed by atoms with E-state index in [2.05, 4.69) is 40.4 Å². The van der Waals surface area contributed by atoms with Gasteiger partial charge in [-0.15, -0.1) is 0 Å². The summed E-state index contributed by atoms with van der Waals surface area (Å²) in [4.78, 5) is 4.37. The Bertz CT molecular complexity index is 539. The molecule has 0 saturated carbocycles. The lowest BCUT2D eigenvalue weighted by Gasteiger charge is -2.17. The average molecular weight is 262 g/mol. The highest BCUT2D eigenvalue weighted by Gasteiger charge is 2.18. The van der Waals surface area contributed by atoms with Crippen LogP contribution in [0.3, 0.4) is 0 Å². The maximum absolute atomic E-state index is 4.40. The zero-order valence-electron chi connectivity index (χ0n) is 12.3. The van der Waals surface area contributed by atoms with E-state index in [1.165, 1.54) is 5.69 Å². The molecule has 2 heterocycles. The van der Waals surface area contributed by atoms with Gasteiger partial charge in [-0.2, -0.15) is 10.2 Å². The molecule has 1 atom stereocenters. The van der Waals surface area contributed by atoms with E-state index in [0.717, 1.165) is 17.9 Å². The third-order valence-electron chi connectivity index (χ3n) is 3.27. The Kier molecular flexibility index (Phi) is 3.99. The zero-order valence-corrected chi connectivity index (χ0v) is 12.3. The first-order chi connectivity index (χ1) is 9.02. The van der Waals surface area contributed by atoms with E-state index < -0.39 is 0 Å². The summed E-state index contributed by atoms with van der Waals surface area (Å²) in [5.41, 5.74) is 2.20. The Morgan fingerprint density at radius 2 is 2.11 bits per heavy atom. The molecule has 2 rings (SSSR count). The van der Waals surface area contributed by atoms with Gasteiger partial charge >= 0.3 is 0 Å². The van der Waals surface area contributed by atoms with Crippen molar-refractivity contribution in [3.63, 3.8) is 0 Å². The summed E-state index contributed by atoms with van der Waals surface area (Å²) in [6.07, 6.45) is 2.42. The van der Waals surface area contributed by atoms with Crippen LogP contribution in [0.2, 0.25) is 0 Å². The summed E-state index contributed by atoms with van der Waals surface area (Å²) in [6.45, 7) is 6.23. The fourth-order valence-corrected chi connectivity index (χ4v) is 2.35. The first-order valence-electron chi connectivity index (χ1n) is 6.59. The summed E-state index contributed by atoms with van der Waals surface area (Å²) in [5, 5.41) is 12.0. The molecule has 1 N–H and O–H groups in total. The minimum Gasteiger partial charge on any atom is -0.311 e. The summed E-state index contributed by atoms with van der Waals surface area (Å²) >= 11 is 0. The number of nitrogens with one attached hydrogen (secondary N) is 1. The van der Waals surface area contributed by atoms with Crippen molar-refractivity contribution in [2.24, 2.45) is 7.05 Å². The number of rotatable bonds is 5. The second-order valence-corrected chi connectivity index (χ2v) is 5.09. The van der Waals surface area contributed by atoms with E-state index in [1.54, 1.807) is 6.33 Å². The van der Waals surface area contributed by atoms with E-state index in [1.807, 2.05) is 30.4 Å². The average Bonchev–Trinajstić information content (AvgIpc) is 2.92. The largest absolute Gasteiger partial charge is 0.311 e. The molecule has 0 spiro atoms. The van der Waals surface area contributed by atoms with Crippen LogP contribution < -0.4 is 5.32 Å². The first-order valence-corrected chi connectivity index (χ1v) is 6.59. The molecule has 0 radical (unpaired) electrons. The summed E-state index contributed by atoms with van der Waals surface area (Å²) in [6, 6.07) is 2.62. The molecule has 2 aromatic rings. The van der Waals surface area contributed by atoms with Gasteiger partial charge in [0.1, 0.15) is 12.2 Å². The van der Waals surface area contributed by atoms with Gasteiger partial charge in [0, 0.05) is 19.5 Å². The predicted octanol–water partition coefficient (Wildman–Crippen LogP) is 1.40. The van der Waals surface area contributed by atoms with Gasteiger partial charge in [0.15, 0.2) is 0 Å². The molecule has 0 saturated heterocycles. The second-order valence-electron chi connectivity index (χ2n) is 5.09. The van der Waals surface area contributed by atoms with Gasteiger partial charge in [0.2, 0.25) is 0 Å². The first kappa shape index (κ1) is 13.7. The Morgan fingerprint density at radius 3 is 2.63 bits per heavy atom. The molecule has 104 valence electrons. The van der Waals surface area contributed by atoms with Crippen LogP contribution >= 0.6 is 0 Å².